The lowest BCUT2D eigenvalue weighted by molar-refractivity contribution is -0.139. The quantitative estimate of drug-likeness (QED) is 0.297. The number of allylic oxidation sites excluding steroid dienone is 1. The van der Waals surface area contributed by atoms with Crippen LogP contribution in [0.2, 0.25) is 0 Å². The maximum Gasteiger partial charge on any atom is 0.338 e. The minimum absolute atomic E-state index is 0.184. The molecule has 1 atom stereocenters. The summed E-state index contributed by atoms with van der Waals surface area (Å²) in [5, 5.41) is 0. The third kappa shape index (κ3) is 5.96. The molecule has 1 aliphatic rings. The predicted molar refractivity (Wildman–Crippen MR) is 147 cm³/mol. The zero-order chi connectivity index (χ0) is 28.1. The summed E-state index contributed by atoms with van der Waals surface area (Å²) in [6, 6.07) is 11.4. The highest BCUT2D eigenvalue weighted by atomic mass is 32.1. The van der Waals surface area contributed by atoms with E-state index in [4.69, 9.17) is 18.9 Å². The number of nitrogens with zero attached hydrogens (tertiary/aromatic N) is 2. The molecule has 2 heterocycles. The lowest BCUT2D eigenvalue weighted by Gasteiger charge is -2.25. The highest BCUT2D eigenvalue weighted by molar-refractivity contribution is 7.07. The smallest absolute Gasteiger partial charge is 0.338 e. The average molecular weight is 551 g/mol. The molecule has 1 unspecified atom stereocenters. The van der Waals surface area contributed by atoms with Crippen LogP contribution in [-0.4, -0.2) is 36.3 Å². The first kappa shape index (κ1) is 27.8. The van der Waals surface area contributed by atoms with Crippen LogP contribution >= 0.6 is 11.3 Å². The molecule has 9 nitrogen and oxygen atoms in total. The Hall–Kier alpha value is -4.18. The summed E-state index contributed by atoms with van der Waals surface area (Å²) < 4.78 is 24.0. The summed E-state index contributed by atoms with van der Waals surface area (Å²) in [5.41, 5.74) is 1.87. The second-order valence-electron chi connectivity index (χ2n) is 8.54. The number of hydrogen-bond acceptors (Lipinski definition) is 9. The first-order valence-corrected chi connectivity index (χ1v) is 13.5. The van der Waals surface area contributed by atoms with Crippen LogP contribution in [-0.2, 0) is 14.3 Å². The van der Waals surface area contributed by atoms with Gasteiger partial charge in [-0.15, -0.1) is 0 Å². The minimum Gasteiger partial charge on any atom is -0.490 e. The standard InChI is InChI=1S/C29H30N2O7S/c1-6-35-22-14-11-20(16-23(22)36-7-2)26-25(28(34)37-8-3)17(4)30-29-31(26)27(33)24(39-29)15-19-9-12-21(13-10-19)38-18(5)32/h9-16,26H,6-8H2,1-5H3/b24-15-. The number of fused-ring (bicyclic) bond motifs is 1. The van der Waals surface area contributed by atoms with Gasteiger partial charge >= 0.3 is 11.9 Å². The van der Waals surface area contributed by atoms with Gasteiger partial charge in [0.2, 0.25) is 0 Å². The summed E-state index contributed by atoms with van der Waals surface area (Å²) in [4.78, 5) is 43.2. The number of rotatable bonds is 9. The van der Waals surface area contributed by atoms with Gasteiger partial charge in [0.05, 0.1) is 41.7 Å². The second kappa shape index (κ2) is 12.1. The molecule has 4 rings (SSSR count). The van der Waals surface area contributed by atoms with Crippen molar-refractivity contribution in [3.63, 3.8) is 0 Å². The Morgan fingerprint density at radius 2 is 1.69 bits per heavy atom. The SMILES string of the molecule is CCOC(=O)C1=C(C)N=c2s/c(=C\c3ccc(OC(C)=O)cc3)c(=O)n2C1c1ccc(OCC)c(OCC)c1. The maximum atomic E-state index is 13.8. The van der Waals surface area contributed by atoms with Crippen molar-refractivity contribution in [3.05, 3.63) is 84.5 Å². The van der Waals surface area contributed by atoms with Gasteiger partial charge in [-0.25, -0.2) is 9.79 Å². The molecule has 10 heteroatoms. The van der Waals surface area contributed by atoms with Crippen LogP contribution in [0.15, 0.2) is 63.5 Å². The van der Waals surface area contributed by atoms with Gasteiger partial charge in [0, 0.05) is 6.92 Å². The molecular weight excluding hydrogens is 520 g/mol. The van der Waals surface area contributed by atoms with E-state index in [0.29, 0.717) is 51.1 Å². The molecule has 0 radical (unpaired) electrons. The molecule has 1 aliphatic heterocycles. The average Bonchev–Trinajstić information content (AvgIpc) is 3.19. The molecule has 1 aromatic heterocycles. The number of hydrogen-bond donors (Lipinski definition) is 0. The van der Waals surface area contributed by atoms with Gasteiger partial charge in [-0.3, -0.25) is 14.2 Å². The molecule has 0 saturated heterocycles. The molecule has 0 saturated carbocycles. The molecule has 39 heavy (non-hydrogen) atoms. The molecular formula is C29H30N2O7S. The van der Waals surface area contributed by atoms with Gasteiger partial charge in [-0.2, -0.15) is 0 Å². The van der Waals surface area contributed by atoms with Crippen molar-refractivity contribution in [2.75, 3.05) is 19.8 Å². The number of aromatic nitrogens is 1. The van der Waals surface area contributed by atoms with E-state index in [-0.39, 0.29) is 17.7 Å². The van der Waals surface area contributed by atoms with Crippen LogP contribution in [0.3, 0.4) is 0 Å². The number of carbonyl (C=O) groups excluding carboxylic acids is 2. The van der Waals surface area contributed by atoms with Crippen molar-refractivity contribution in [2.24, 2.45) is 4.99 Å². The van der Waals surface area contributed by atoms with Gasteiger partial charge in [0.25, 0.3) is 5.56 Å². The van der Waals surface area contributed by atoms with Crippen molar-refractivity contribution in [2.45, 2.75) is 40.7 Å². The van der Waals surface area contributed by atoms with Gasteiger partial charge in [-0.1, -0.05) is 29.5 Å². The van der Waals surface area contributed by atoms with Crippen molar-refractivity contribution in [1.82, 2.24) is 4.57 Å². The van der Waals surface area contributed by atoms with E-state index in [0.717, 1.165) is 5.56 Å². The Morgan fingerprint density at radius 1 is 1.00 bits per heavy atom. The Bertz CT molecular complexity index is 1600. The maximum absolute atomic E-state index is 13.8. The molecule has 0 spiro atoms. The highest BCUT2D eigenvalue weighted by Crippen LogP contribution is 2.36. The fourth-order valence-electron chi connectivity index (χ4n) is 4.29. The van der Waals surface area contributed by atoms with E-state index in [9.17, 15) is 14.4 Å². The van der Waals surface area contributed by atoms with Gasteiger partial charge in [0.1, 0.15) is 5.75 Å². The predicted octanol–water partition coefficient (Wildman–Crippen LogP) is 3.52. The lowest BCUT2D eigenvalue weighted by atomic mass is 9.95. The lowest BCUT2D eigenvalue weighted by Crippen LogP contribution is -2.40. The molecule has 0 fully saturated rings. The molecule has 2 aromatic carbocycles. The fraction of sp³-hybridized carbons (Fsp3) is 0.310. The number of carbonyl (C=O) groups is 2. The Balaban J connectivity index is 1.88. The van der Waals surface area contributed by atoms with Gasteiger partial charge in [-0.05, 0) is 69.2 Å². The molecule has 0 aliphatic carbocycles. The van der Waals surface area contributed by atoms with Crippen LogP contribution in [0.4, 0.5) is 0 Å². The minimum atomic E-state index is -0.774. The van der Waals surface area contributed by atoms with Crippen LogP contribution in [0.25, 0.3) is 6.08 Å². The summed E-state index contributed by atoms with van der Waals surface area (Å²) in [6.45, 7) is 9.63. The monoisotopic (exact) mass is 550 g/mol. The zero-order valence-corrected chi connectivity index (χ0v) is 23.3. The molecule has 0 amide bonds. The second-order valence-corrected chi connectivity index (χ2v) is 9.55. The number of esters is 2. The first-order valence-electron chi connectivity index (χ1n) is 12.6. The molecule has 0 bridgehead atoms. The summed E-state index contributed by atoms with van der Waals surface area (Å²) in [6.07, 6.45) is 1.74. The van der Waals surface area contributed by atoms with Crippen LogP contribution in [0, 0.1) is 0 Å². The van der Waals surface area contributed by atoms with Crippen molar-refractivity contribution in [3.8, 4) is 17.2 Å². The van der Waals surface area contributed by atoms with Crippen molar-refractivity contribution >= 4 is 29.4 Å². The van der Waals surface area contributed by atoms with Crippen LogP contribution in [0.5, 0.6) is 17.2 Å². The fourth-order valence-corrected chi connectivity index (χ4v) is 5.34. The summed E-state index contributed by atoms with van der Waals surface area (Å²) in [7, 11) is 0. The highest BCUT2D eigenvalue weighted by Gasteiger charge is 2.34. The van der Waals surface area contributed by atoms with Crippen LogP contribution < -0.4 is 29.1 Å². The normalized spacial score (nSPS) is 14.9. The van der Waals surface area contributed by atoms with Crippen molar-refractivity contribution in [1.29, 1.82) is 0 Å². The van der Waals surface area contributed by atoms with Gasteiger partial charge in [0.15, 0.2) is 16.3 Å². The largest absolute Gasteiger partial charge is 0.490 e. The van der Waals surface area contributed by atoms with E-state index in [1.807, 2.05) is 19.9 Å². The van der Waals surface area contributed by atoms with Gasteiger partial charge < -0.3 is 18.9 Å². The summed E-state index contributed by atoms with van der Waals surface area (Å²) in [5.74, 6) is 0.559. The topological polar surface area (TPSA) is 105 Å². The van der Waals surface area contributed by atoms with E-state index in [2.05, 4.69) is 4.99 Å². The van der Waals surface area contributed by atoms with E-state index in [1.165, 1.54) is 22.8 Å². The first-order chi connectivity index (χ1) is 18.8. The third-order valence-corrected chi connectivity index (χ3v) is 6.82. The number of thiazole rings is 1. The zero-order valence-electron chi connectivity index (χ0n) is 22.5. The third-order valence-electron chi connectivity index (χ3n) is 5.84. The van der Waals surface area contributed by atoms with E-state index >= 15 is 0 Å². The molecule has 3 aromatic rings. The van der Waals surface area contributed by atoms with Crippen LogP contribution in [0.1, 0.15) is 51.8 Å². The van der Waals surface area contributed by atoms with E-state index < -0.39 is 18.0 Å². The Kier molecular flexibility index (Phi) is 8.65. The molecule has 204 valence electrons. The molecule has 0 N–H and O–H groups in total. The Labute approximate surface area is 229 Å². The van der Waals surface area contributed by atoms with E-state index in [1.54, 1.807) is 56.3 Å². The Morgan fingerprint density at radius 3 is 2.33 bits per heavy atom. The summed E-state index contributed by atoms with van der Waals surface area (Å²) >= 11 is 1.23. The number of ether oxygens (including phenoxy) is 4. The van der Waals surface area contributed by atoms with Crippen molar-refractivity contribution < 1.29 is 28.5 Å². The number of benzene rings is 2.